The van der Waals surface area contributed by atoms with Crippen LogP contribution in [0.25, 0.3) is 23.1 Å². The predicted molar refractivity (Wildman–Crippen MR) is 175 cm³/mol. The fraction of sp³-hybridized carbons (Fsp3) is 0.143. The number of carboxylic acid groups (broad SMARTS) is 1. The lowest BCUT2D eigenvalue weighted by molar-refractivity contribution is -0.138. The third-order valence-electron chi connectivity index (χ3n) is 7.54. The molecule has 0 spiro atoms. The van der Waals surface area contributed by atoms with Crippen molar-refractivity contribution in [1.82, 2.24) is 4.57 Å². The van der Waals surface area contributed by atoms with Gasteiger partial charge in [-0.2, -0.15) is 0 Å². The van der Waals surface area contributed by atoms with E-state index in [2.05, 4.69) is 0 Å². The van der Waals surface area contributed by atoms with Gasteiger partial charge in [0.15, 0.2) is 4.80 Å². The molecular weight excluding hydrogens is 609 g/mol. The summed E-state index contributed by atoms with van der Waals surface area (Å²) >= 11 is 2.80. The van der Waals surface area contributed by atoms with Crippen LogP contribution in [-0.2, 0) is 9.53 Å². The number of hydrogen-bond acceptors (Lipinski definition) is 8. The summed E-state index contributed by atoms with van der Waals surface area (Å²) in [6.45, 7) is 3.65. The SMILES string of the molecule is CCOC(=O)C1=C(c2ccccc2)N=c2s/c(=C\c3ccc(-c4cccc(C(=O)O)c4C)o3)c(=O)n2[C@H]1c1ccc(SC)cc1. The highest BCUT2D eigenvalue weighted by atomic mass is 32.2. The summed E-state index contributed by atoms with van der Waals surface area (Å²) < 4.78 is 13.5. The molecule has 0 bridgehead atoms. The van der Waals surface area contributed by atoms with Gasteiger partial charge in [0.1, 0.15) is 11.5 Å². The van der Waals surface area contributed by atoms with Crippen LogP contribution in [0.5, 0.6) is 0 Å². The van der Waals surface area contributed by atoms with E-state index in [1.54, 1.807) is 66.6 Å². The van der Waals surface area contributed by atoms with E-state index in [4.69, 9.17) is 14.1 Å². The molecule has 3 heterocycles. The minimum atomic E-state index is -1.02. The first-order valence-corrected chi connectivity index (χ1v) is 16.2. The number of aromatic nitrogens is 1. The van der Waals surface area contributed by atoms with Gasteiger partial charge in [0, 0.05) is 22.1 Å². The number of esters is 1. The Bertz CT molecular complexity index is 2140. The minimum absolute atomic E-state index is 0.169. The molecule has 226 valence electrons. The quantitative estimate of drug-likeness (QED) is 0.166. The van der Waals surface area contributed by atoms with Gasteiger partial charge in [0.05, 0.1) is 34.0 Å². The second-order valence-electron chi connectivity index (χ2n) is 10.2. The molecule has 8 nitrogen and oxygen atoms in total. The number of hydrogen-bond donors (Lipinski definition) is 1. The summed E-state index contributed by atoms with van der Waals surface area (Å²) in [7, 11) is 0. The number of thiazole rings is 1. The van der Waals surface area contributed by atoms with Gasteiger partial charge in [0.25, 0.3) is 5.56 Å². The van der Waals surface area contributed by atoms with Crippen molar-refractivity contribution >= 4 is 46.8 Å². The molecule has 0 unspecified atom stereocenters. The van der Waals surface area contributed by atoms with Crippen molar-refractivity contribution in [3.8, 4) is 11.3 Å². The number of nitrogens with zero attached hydrogens (tertiary/aromatic N) is 2. The van der Waals surface area contributed by atoms with Crippen molar-refractivity contribution in [3.05, 3.63) is 138 Å². The number of carbonyl (C=O) groups is 2. The Kier molecular flexibility index (Phi) is 8.42. The lowest BCUT2D eigenvalue weighted by Crippen LogP contribution is -2.40. The van der Waals surface area contributed by atoms with Crippen LogP contribution in [-0.4, -0.2) is 34.5 Å². The van der Waals surface area contributed by atoms with Gasteiger partial charge in [-0.05, 0) is 61.6 Å². The van der Waals surface area contributed by atoms with E-state index in [-0.39, 0.29) is 23.3 Å². The van der Waals surface area contributed by atoms with Crippen LogP contribution in [0.4, 0.5) is 0 Å². The topological polar surface area (TPSA) is 111 Å². The van der Waals surface area contributed by atoms with Gasteiger partial charge in [-0.25, -0.2) is 14.6 Å². The zero-order valence-electron chi connectivity index (χ0n) is 24.6. The molecule has 6 rings (SSSR count). The average Bonchev–Trinajstić information content (AvgIpc) is 3.64. The largest absolute Gasteiger partial charge is 0.478 e. The highest BCUT2D eigenvalue weighted by Gasteiger charge is 2.35. The second kappa shape index (κ2) is 12.6. The van der Waals surface area contributed by atoms with Crippen molar-refractivity contribution < 1.29 is 23.8 Å². The van der Waals surface area contributed by atoms with Crippen LogP contribution < -0.4 is 14.9 Å². The van der Waals surface area contributed by atoms with E-state index in [9.17, 15) is 19.5 Å². The molecule has 0 fully saturated rings. The first kappa shape index (κ1) is 30.1. The average molecular weight is 637 g/mol. The molecule has 10 heteroatoms. The van der Waals surface area contributed by atoms with Crippen molar-refractivity contribution in [2.75, 3.05) is 12.9 Å². The summed E-state index contributed by atoms with van der Waals surface area (Å²) in [6, 6.07) is 24.9. The fourth-order valence-corrected chi connectivity index (χ4v) is 6.77. The molecule has 5 aromatic rings. The molecular formula is C35H28N2O6S2. The number of ether oxygens (including phenoxy) is 1. The van der Waals surface area contributed by atoms with Crippen LogP contribution in [0.15, 0.2) is 110 Å². The molecule has 45 heavy (non-hydrogen) atoms. The van der Waals surface area contributed by atoms with E-state index >= 15 is 0 Å². The number of benzene rings is 3. The first-order valence-electron chi connectivity index (χ1n) is 14.2. The summed E-state index contributed by atoms with van der Waals surface area (Å²) in [4.78, 5) is 45.8. The van der Waals surface area contributed by atoms with Gasteiger partial charge >= 0.3 is 11.9 Å². The third kappa shape index (κ3) is 5.70. The molecule has 3 aromatic carbocycles. The monoisotopic (exact) mass is 636 g/mol. The van der Waals surface area contributed by atoms with E-state index in [0.29, 0.717) is 37.7 Å². The Morgan fingerprint density at radius 3 is 2.49 bits per heavy atom. The number of carboxylic acids is 1. The van der Waals surface area contributed by atoms with Gasteiger partial charge in [-0.3, -0.25) is 9.36 Å². The lowest BCUT2D eigenvalue weighted by Gasteiger charge is -2.26. The van der Waals surface area contributed by atoms with Crippen molar-refractivity contribution in [2.24, 2.45) is 4.99 Å². The normalized spacial score (nSPS) is 14.6. The number of rotatable bonds is 8. The smallest absolute Gasteiger partial charge is 0.338 e. The Balaban J connectivity index is 1.54. The highest BCUT2D eigenvalue weighted by molar-refractivity contribution is 7.98. The van der Waals surface area contributed by atoms with E-state index in [1.807, 2.05) is 60.9 Å². The Labute approximate surface area is 266 Å². The maximum atomic E-state index is 14.1. The zero-order valence-corrected chi connectivity index (χ0v) is 26.3. The van der Waals surface area contributed by atoms with Crippen LogP contribution in [0.1, 0.15) is 45.8 Å². The van der Waals surface area contributed by atoms with Gasteiger partial charge in [-0.1, -0.05) is 65.9 Å². The third-order valence-corrected chi connectivity index (χ3v) is 9.26. The van der Waals surface area contributed by atoms with Gasteiger partial charge in [-0.15, -0.1) is 11.8 Å². The summed E-state index contributed by atoms with van der Waals surface area (Å²) in [6.07, 6.45) is 3.63. The number of thioether (sulfide) groups is 1. The Morgan fingerprint density at radius 1 is 1.04 bits per heavy atom. The van der Waals surface area contributed by atoms with Crippen molar-refractivity contribution in [1.29, 1.82) is 0 Å². The molecule has 0 saturated heterocycles. The van der Waals surface area contributed by atoms with E-state index < -0.39 is 18.0 Å². The van der Waals surface area contributed by atoms with Crippen molar-refractivity contribution in [3.63, 3.8) is 0 Å². The maximum Gasteiger partial charge on any atom is 0.338 e. The molecule has 0 aliphatic carbocycles. The van der Waals surface area contributed by atoms with E-state index in [1.165, 1.54) is 11.3 Å². The highest BCUT2D eigenvalue weighted by Crippen LogP contribution is 2.36. The minimum Gasteiger partial charge on any atom is -0.478 e. The molecule has 0 amide bonds. The molecule has 1 N–H and O–H groups in total. The van der Waals surface area contributed by atoms with Gasteiger partial charge in [0.2, 0.25) is 0 Å². The lowest BCUT2D eigenvalue weighted by atomic mass is 9.93. The number of furan rings is 1. The zero-order chi connectivity index (χ0) is 31.7. The Morgan fingerprint density at radius 2 is 1.80 bits per heavy atom. The molecule has 0 radical (unpaired) electrons. The van der Waals surface area contributed by atoms with E-state index in [0.717, 1.165) is 16.0 Å². The second-order valence-corrected chi connectivity index (χ2v) is 12.1. The molecule has 1 aliphatic rings. The fourth-order valence-electron chi connectivity index (χ4n) is 5.38. The first-order chi connectivity index (χ1) is 21.8. The maximum absolute atomic E-state index is 14.1. The van der Waals surface area contributed by atoms with Crippen LogP contribution in [0.3, 0.4) is 0 Å². The van der Waals surface area contributed by atoms with Crippen LogP contribution in [0, 0.1) is 6.92 Å². The number of fused-ring (bicyclic) bond motifs is 1. The summed E-state index contributed by atoms with van der Waals surface area (Å²) in [5.41, 5.74) is 3.32. The molecule has 2 aromatic heterocycles. The predicted octanol–water partition coefficient (Wildman–Crippen LogP) is 5.92. The standard InChI is InChI=1S/C35H28N2O6S2/c1-4-42-34(41)29-30(21-9-6-5-7-10-21)36-35-37(31(29)22-13-16-24(44-3)17-14-22)32(38)28(45-35)19-23-15-18-27(43-23)25-11-8-12-26(20(25)2)33(39)40/h5-19,31H,4H2,1-3H3,(H,39,40)/b28-19-/t31-/m0/s1. The van der Waals surface area contributed by atoms with Crippen LogP contribution in [0.2, 0.25) is 0 Å². The van der Waals surface area contributed by atoms with Gasteiger partial charge < -0.3 is 14.3 Å². The summed E-state index contributed by atoms with van der Waals surface area (Å²) in [5.74, 6) is -0.651. The number of aromatic carboxylic acids is 1. The number of carbonyl (C=O) groups excluding carboxylic acids is 1. The van der Waals surface area contributed by atoms with Crippen molar-refractivity contribution in [2.45, 2.75) is 24.8 Å². The van der Waals surface area contributed by atoms with Crippen LogP contribution >= 0.6 is 23.1 Å². The molecule has 1 aliphatic heterocycles. The molecule has 0 saturated carbocycles. The Hall–Kier alpha value is -4.93. The molecule has 1 atom stereocenters. The summed E-state index contributed by atoms with van der Waals surface area (Å²) in [5, 5.41) is 9.54.